The highest BCUT2D eigenvalue weighted by Crippen LogP contribution is 2.36. The Kier molecular flexibility index (Phi) is 2.18. The standard InChI is InChI=1S/C9H9NO5/c11-8(12)5-6(9(13)14)15-7(10-5)4-2-1-3-4/h4H,1-3H2,(H,11,12)(H,13,14). The van der Waals surface area contributed by atoms with Crippen LogP contribution in [0.3, 0.4) is 0 Å². The lowest BCUT2D eigenvalue weighted by Crippen LogP contribution is -2.09. The number of carboxylic acid groups (broad SMARTS) is 2. The van der Waals surface area contributed by atoms with Crippen molar-refractivity contribution >= 4 is 11.9 Å². The van der Waals surface area contributed by atoms with E-state index in [0.29, 0.717) is 0 Å². The zero-order chi connectivity index (χ0) is 11.0. The van der Waals surface area contributed by atoms with E-state index in [0.717, 1.165) is 19.3 Å². The first-order chi connectivity index (χ1) is 7.09. The van der Waals surface area contributed by atoms with E-state index in [2.05, 4.69) is 4.98 Å². The van der Waals surface area contributed by atoms with E-state index >= 15 is 0 Å². The fourth-order valence-corrected chi connectivity index (χ4v) is 1.46. The van der Waals surface area contributed by atoms with Crippen LogP contribution in [0.25, 0.3) is 0 Å². The van der Waals surface area contributed by atoms with Crippen LogP contribution in [0.15, 0.2) is 4.42 Å². The molecular formula is C9H9NO5. The molecule has 15 heavy (non-hydrogen) atoms. The number of rotatable bonds is 3. The van der Waals surface area contributed by atoms with Gasteiger partial charge in [0.2, 0.25) is 11.5 Å². The van der Waals surface area contributed by atoms with Crippen molar-refractivity contribution in [1.82, 2.24) is 4.98 Å². The molecule has 1 aliphatic carbocycles. The van der Waals surface area contributed by atoms with Gasteiger partial charge in [-0.15, -0.1) is 0 Å². The molecule has 1 aromatic heterocycles. The van der Waals surface area contributed by atoms with Crippen molar-refractivity contribution in [3.8, 4) is 0 Å². The number of carbonyl (C=O) groups is 2. The zero-order valence-corrected chi connectivity index (χ0v) is 7.77. The average molecular weight is 211 g/mol. The average Bonchev–Trinajstić information content (AvgIpc) is 2.45. The molecule has 0 radical (unpaired) electrons. The lowest BCUT2D eigenvalue weighted by atomic mass is 9.85. The molecule has 0 atom stereocenters. The molecule has 0 aliphatic heterocycles. The third kappa shape index (κ3) is 1.58. The van der Waals surface area contributed by atoms with E-state index < -0.39 is 23.4 Å². The van der Waals surface area contributed by atoms with Gasteiger partial charge in [0.25, 0.3) is 0 Å². The van der Waals surface area contributed by atoms with Gasteiger partial charge in [-0.05, 0) is 12.8 Å². The van der Waals surface area contributed by atoms with Crippen LogP contribution in [0.2, 0.25) is 0 Å². The Morgan fingerprint density at radius 3 is 2.27 bits per heavy atom. The van der Waals surface area contributed by atoms with Gasteiger partial charge in [-0.25, -0.2) is 14.6 Å². The largest absolute Gasteiger partial charge is 0.476 e. The van der Waals surface area contributed by atoms with Gasteiger partial charge in [-0.1, -0.05) is 6.42 Å². The molecule has 2 N–H and O–H groups in total. The summed E-state index contributed by atoms with van der Waals surface area (Å²) in [5.74, 6) is -3.04. The maximum atomic E-state index is 10.7. The van der Waals surface area contributed by atoms with Crippen LogP contribution >= 0.6 is 0 Å². The number of aromatic nitrogens is 1. The van der Waals surface area contributed by atoms with Crippen molar-refractivity contribution in [2.75, 3.05) is 0 Å². The summed E-state index contributed by atoms with van der Waals surface area (Å²) in [4.78, 5) is 25.1. The monoisotopic (exact) mass is 211 g/mol. The summed E-state index contributed by atoms with van der Waals surface area (Å²) >= 11 is 0. The highest BCUT2D eigenvalue weighted by molar-refractivity contribution is 5.98. The van der Waals surface area contributed by atoms with Crippen molar-refractivity contribution in [1.29, 1.82) is 0 Å². The van der Waals surface area contributed by atoms with Crippen LogP contribution in [0.1, 0.15) is 52.1 Å². The first-order valence-corrected chi connectivity index (χ1v) is 4.57. The molecule has 6 nitrogen and oxygen atoms in total. The summed E-state index contributed by atoms with van der Waals surface area (Å²) in [5, 5.41) is 17.4. The van der Waals surface area contributed by atoms with Crippen LogP contribution in [0.5, 0.6) is 0 Å². The summed E-state index contributed by atoms with van der Waals surface area (Å²) in [7, 11) is 0. The summed E-state index contributed by atoms with van der Waals surface area (Å²) in [6.07, 6.45) is 2.79. The Balaban J connectivity index is 2.39. The van der Waals surface area contributed by atoms with Gasteiger partial charge in [-0.3, -0.25) is 0 Å². The van der Waals surface area contributed by atoms with Crippen LogP contribution in [-0.2, 0) is 0 Å². The Morgan fingerprint density at radius 1 is 1.27 bits per heavy atom. The van der Waals surface area contributed by atoms with Crippen molar-refractivity contribution in [3.05, 3.63) is 17.3 Å². The second-order valence-corrected chi connectivity index (χ2v) is 3.47. The molecule has 2 rings (SSSR count). The fourth-order valence-electron chi connectivity index (χ4n) is 1.46. The summed E-state index contributed by atoms with van der Waals surface area (Å²) in [6, 6.07) is 0. The maximum Gasteiger partial charge on any atom is 0.374 e. The first-order valence-electron chi connectivity index (χ1n) is 4.57. The molecule has 0 unspecified atom stereocenters. The molecule has 0 amide bonds. The van der Waals surface area contributed by atoms with Crippen LogP contribution in [0.4, 0.5) is 0 Å². The number of hydrogen-bond donors (Lipinski definition) is 2. The maximum absolute atomic E-state index is 10.7. The number of nitrogens with zero attached hydrogens (tertiary/aromatic N) is 1. The molecule has 1 aliphatic rings. The second-order valence-electron chi connectivity index (χ2n) is 3.47. The molecule has 80 valence electrons. The van der Waals surface area contributed by atoms with Crippen LogP contribution in [0, 0.1) is 0 Å². The van der Waals surface area contributed by atoms with E-state index in [1.807, 2.05) is 0 Å². The van der Waals surface area contributed by atoms with Gasteiger partial charge >= 0.3 is 11.9 Å². The first kappa shape index (κ1) is 9.70. The lowest BCUT2D eigenvalue weighted by molar-refractivity contribution is 0.0622. The minimum atomic E-state index is -1.40. The smallest absolute Gasteiger partial charge is 0.374 e. The SMILES string of the molecule is O=C(O)c1nc(C2CCC2)oc1C(=O)O. The molecule has 0 spiro atoms. The molecule has 1 heterocycles. The second kappa shape index (κ2) is 3.38. The Morgan fingerprint density at radius 2 is 1.93 bits per heavy atom. The van der Waals surface area contributed by atoms with Gasteiger partial charge in [0.05, 0.1) is 0 Å². The fraction of sp³-hybridized carbons (Fsp3) is 0.444. The minimum absolute atomic E-state index is 0.0798. The molecule has 0 aromatic carbocycles. The number of hydrogen-bond acceptors (Lipinski definition) is 4. The van der Waals surface area contributed by atoms with Crippen molar-refractivity contribution in [3.63, 3.8) is 0 Å². The predicted octanol–water partition coefficient (Wildman–Crippen LogP) is 1.34. The number of oxazole rings is 1. The Labute approximate surface area is 84.5 Å². The molecule has 1 fully saturated rings. The van der Waals surface area contributed by atoms with E-state index in [-0.39, 0.29) is 11.8 Å². The summed E-state index contributed by atoms with van der Waals surface area (Å²) in [6.45, 7) is 0. The summed E-state index contributed by atoms with van der Waals surface area (Å²) in [5.41, 5.74) is -0.510. The van der Waals surface area contributed by atoms with Crippen molar-refractivity contribution < 1.29 is 24.2 Å². The molecular weight excluding hydrogens is 202 g/mol. The third-order valence-corrected chi connectivity index (χ3v) is 2.49. The quantitative estimate of drug-likeness (QED) is 0.782. The predicted molar refractivity (Wildman–Crippen MR) is 47.0 cm³/mol. The zero-order valence-electron chi connectivity index (χ0n) is 7.77. The normalized spacial score (nSPS) is 16.0. The summed E-state index contributed by atoms with van der Waals surface area (Å²) < 4.78 is 4.95. The van der Waals surface area contributed by atoms with E-state index in [1.54, 1.807) is 0 Å². The highest BCUT2D eigenvalue weighted by atomic mass is 16.4. The molecule has 1 aromatic rings. The number of carboxylic acids is 2. The van der Waals surface area contributed by atoms with E-state index in [9.17, 15) is 9.59 Å². The molecule has 1 saturated carbocycles. The molecule has 0 bridgehead atoms. The Hall–Kier alpha value is -1.85. The number of aromatic carboxylic acids is 2. The van der Waals surface area contributed by atoms with Gasteiger partial charge < -0.3 is 14.6 Å². The molecule has 0 saturated heterocycles. The van der Waals surface area contributed by atoms with Crippen LogP contribution < -0.4 is 0 Å². The third-order valence-electron chi connectivity index (χ3n) is 2.49. The highest BCUT2D eigenvalue weighted by Gasteiger charge is 2.30. The van der Waals surface area contributed by atoms with Crippen LogP contribution in [-0.4, -0.2) is 27.1 Å². The topological polar surface area (TPSA) is 101 Å². The minimum Gasteiger partial charge on any atom is -0.476 e. The van der Waals surface area contributed by atoms with Gasteiger partial charge in [0.1, 0.15) is 0 Å². The molecule has 6 heteroatoms. The van der Waals surface area contributed by atoms with Gasteiger partial charge in [0, 0.05) is 5.92 Å². The Bertz CT molecular complexity index is 387. The lowest BCUT2D eigenvalue weighted by Gasteiger charge is -2.21. The van der Waals surface area contributed by atoms with Crippen molar-refractivity contribution in [2.24, 2.45) is 0 Å². The van der Waals surface area contributed by atoms with Crippen molar-refractivity contribution in [2.45, 2.75) is 25.2 Å². The van der Waals surface area contributed by atoms with E-state index in [1.165, 1.54) is 0 Å². The van der Waals surface area contributed by atoms with Gasteiger partial charge in [-0.2, -0.15) is 0 Å². The van der Waals surface area contributed by atoms with Gasteiger partial charge in [0.15, 0.2) is 5.89 Å². The van der Waals surface area contributed by atoms with E-state index in [4.69, 9.17) is 14.6 Å².